The van der Waals surface area contributed by atoms with Gasteiger partial charge in [0.1, 0.15) is 12.7 Å². The molecule has 4 heterocycles. The zero-order valence-corrected chi connectivity index (χ0v) is 16.3. The fourth-order valence-electron chi connectivity index (χ4n) is 4.19. The smallest absolute Gasteiger partial charge is 0.443 e. The molecule has 0 atom stereocenters. The summed E-state index contributed by atoms with van der Waals surface area (Å²) in [6.07, 6.45) is 6.10. The van der Waals surface area contributed by atoms with Gasteiger partial charge >= 0.3 is 6.85 Å². The zero-order valence-electron chi connectivity index (χ0n) is 16.3. The topological polar surface area (TPSA) is 33.2 Å². The fourth-order valence-corrected chi connectivity index (χ4v) is 4.19. The van der Waals surface area contributed by atoms with Crippen LogP contribution in [-0.4, -0.2) is 23.7 Å². The van der Waals surface area contributed by atoms with Crippen LogP contribution in [0.1, 0.15) is 12.5 Å². The highest BCUT2D eigenvalue weighted by atomic mass is 16.3. The predicted molar refractivity (Wildman–Crippen MR) is 113 cm³/mol. The Bertz CT molecular complexity index is 1210. The molecular weight excluding hydrogens is 345 g/mol. The van der Waals surface area contributed by atoms with Crippen molar-refractivity contribution in [2.45, 2.75) is 6.92 Å². The van der Waals surface area contributed by atoms with Crippen LogP contribution in [0.15, 0.2) is 77.6 Å². The Morgan fingerprint density at radius 1 is 1.04 bits per heavy atom. The van der Waals surface area contributed by atoms with E-state index in [0.717, 1.165) is 16.6 Å². The summed E-state index contributed by atoms with van der Waals surface area (Å²) in [7, 11) is 4.19. The Balaban J connectivity index is 1.72. The van der Waals surface area contributed by atoms with E-state index in [9.17, 15) is 0 Å². The molecule has 136 valence electrons. The van der Waals surface area contributed by atoms with E-state index in [4.69, 9.17) is 4.42 Å². The highest BCUT2D eigenvalue weighted by Gasteiger charge is 2.41. The van der Waals surface area contributed by atoms with E-state index >= 15 is 0 Å². The van der Waals surface area contributed by atoms with Crippen molar-refractivity contribution in [2.75, 3.05) is 7.05 Å². The maximum atomic E-state index is 6.29. The first-order valence-corrected chi connectivity index (χ1v) is 9.46. The van der Waals surface area contributed by atoms with Gasteiger partial charge in [-0.25, -0.2) is 9.55 Å². The molecule has 0 aliphatic carbocycles. The molecule has 3 aromatic heterocycles. The molecule has 1 aromatic carbocycles. The summed E-state index contributed by atoms with van der Waals surface area (Å²) in [5.41, 5.74) is 7.59. The highest BCUT2D eigenvalue weighted by molar-refractivity contribution is 6.82. The van der Waals surface area contributed by atoms with Gasteiger partial charge in [-0.15, -0.1) is 0 Å². The Morgan fingerprint density at radius 3 is 2.68 bits per heavy atom. The summed E-state index contributed by atoms with van der Waals surface area (Å²) in [6.45, 7) is 2.12. The fraction of sp³-hybridized carbons (Fsp3) is 0.130. The quantitative estimate of drug-likeness (QED) is 0.404. The molecule has 28 heavy (non-hydrogen) atoms. The first kappa shape index (κ1) is 16.8. The standard InChI is InChI=1S/C23H21BN3O/c1-16-15-27(3)24(22-21(16)19-10-7-12-25-23(19)28-22)20-14-18(11-13-26(20)2)17-8-5-4-6-9-17/h4-15H,1-3H3/q+1. The van der Waals surface area contributed by atoms with Gasteiger partial charge < -0.3 is 9.23 Å². The molecule has 1 aliphatic heterocycles. The van der Waals surface area contributed by atoms with E-state index in [1.54, 1.807) is 6.20 Å². The summed E-state index contributed by atoms with van der Waals surface area (Å²) in [4.78, 5) is 6.67. The molecule has 4 nitrogen and oxygen atoms in total. The van der Waals surface area contributed by atoms with Gasteiger partial charge in [-0.2, -0.15) is 0 Å². The van der Waals surface area contributed by atoms with Crippen LogP contribution in [0.4, 0.5) is 0 Å². The highest BCUT2D eigenvalue weighted by Crippen LogP contribution is 2.28. The summed E-state index contributed by atoms with van der Waals surface area (Å²) >= 11 is 0. The Kier molecular flexibility index (Phi) is 3.83. The lowest BCUT2D eigenvalue weighted by atomic mass is 9.51. The van der Waals surface area contributed by atoms with Crippen LogP contribution in [0, 0.1) is 0 Å². The van der Waals surface area contributed by atoms with Gasteiger partial charge in [0.25, 0.3) is 0 Å². The van der Waals surface area contributed by atoms with Gasteiger partial charge in [-0.05, 0) is 49.0 Å². The summed E-state index contributed by atoms with van der Waals surface area (Å²) in [5.74, 6) is 0. The van der Waals surface area contributed by atoms with E-state index in [2.05, 4.69) is 90.2 Å². The van der Waals surface area contributed by atoms with Crippen LogP contribution in [0.2, 0.25) is 0 Å². The molecule has 0 unspecified atom stereocenters. The van der Waals surface area contributed by atoms with Crippen LogP contribution in [0.25, 0.3) is 27.8 Å². The van der Waals surface area contributed by atoms with Gasteiger partial charge in [-0.3, -0.25) is 0 Å². The number of nitrogens with zero attached hydrogens (tertiary/aromatic N) is 3. The Hall–Kier alpha value is -3.34. The molecule has 5 heteroatoms. The molecule has 0 radical (unpaired) electrons. The minimum absolute atomic E-state index is 0.0124. The average Bonchev–Trinajstić information content (AvgIpc) is 3.09. The first-order chi connectivity index (χ1) is 13.6. The molecule has 0 spiro atoms. The Labute approximate surface area is 164 Å². The number of benzene rings is 1. The lowest BCUT2D eigenvalue weighted by molar-refractivity contribution is -0.654. The minimum atomic E-state index is -0.0124. The largest absolute Gasteiger partial charge is 0.449 e. The molecule has 0 bridgehead atoms. The van der Waals surface area contributed by atoms with Crippen LogP contribution in [-0.2, 0) is 7.05 Å². The number of fused-ring (bicyclic) bond motifs is 3. The summed E-state index contributed by atoms with van der Waals surface area (Å²) in [5, 5.41) is 1.08. The average molecular weight is 366 g/mol. The lowest BCUT2D eigenvalue weighted by Gasteiger charge is -2.26. The second-order valence-corrected chi connectivity index (χ2v) is 7.39. The number of rotatable bonds is 2. The molecule has 0 saturated carbocycles. The van der Waals surface area contributed by atoms with Crippen molar-refractivity contribution in [1.29, 1.82) is 0 Å². The third-order valence-electron chi connectivity index (χ3n) is 5.52. The number of hydrogen-bond acceptors (Lipinski definition) is 3. The zero-order chi connectivity index (χ0) is 19.3. The third kappa shape index (κ3) is 2.54. The first-order valence-electron chi connectivity index (χ1n) is 9.46. The number of allylic oxidation sites excluding steroid dienone is 1. The maximum Gasteiger partial charge on any atom is 0.443 e. The lowest BCUT2D eigenvalue weighted by Crippen LogP contribution is -2.65. The van der Waals surface area contributed by atoms with Crippen molar-refractivity contribution in [3.63, 3.8) is 0 Å². The van der Waals surface area contributed by atoms with Crippen molar-refractivity contribution >= 4 is 34.8 Å². The number of pyridine rings is 2. The van der Waals surface area contributed by atoms with E-state index in [1.807, 2.05) is 12.1 Å². The van der Waals surface area contributed by atoms with Crippen molar-refractivity contribution < 1.29 is 8.98 Å². The van der Waals surface area contributed by atoms with E-state index < -0.39 is 0 Å². The van der Waals surface area contributed by atoms with Crippen molar-refractivity contribution in [3.05, 3.63) is 78.8 Å². The van der Waals surface area contributed by atoms with Gasteiger partial charge in [0.2, 0.25) is 5.71 Å². The maximum absolute atomic E-state index is 6.29. The number of aromatic nitrogens is 2. The predicted octanol–water partition coefficient (Wildman–Crippen LogP) is 2.73. The molecule has 4 aromatic rings. The number of hydrogen-bond donors (Lipinski definition) is 0. The van der Waals surface area contributed by atoms with Crippen LogP contribution < -0.4 is 15.8 Å². The van der Waals surface area contributed by atoms with Gasteiger partial charge in [0, 0.05) is 29.3 Å². The van der Waals surface area contributed by atoms with Gasteiger partial charge in [-0.1, -0.05) is 30.3 Å². The van der Waals surface area contributed by atoms with Gasteiger partial charge in [0.15, 0.2) is 11.8 Å². The molecular formula is C23H21BN3O+. The molecule has 5 rings (SSSR count). The van der Waals surface area contributed by atoms with Crippen LogP contribution in [0.3, 0.4) is 0 Å². The Morgan fingerprint density at radius 2 is 1.86 bits per heavy atom. The molecule has 0 amide bonds. The summed E-state index contributed by atoms with van der Waals surface area (Å²) < 4.78 is 8.47. The van der Waals surface area contributed by atoms with Gasteiger partial charge in [0.05, 0.1) is 0 Å². The molecule has 0 N–H and O–H groups in total. The van der Waals surface area contributed by atoms with Crippen molar-refractivity contribution in [3.8, 4) is 11.1 Å². The number of aryl methyl sites for hydroxylation is 1. The van der Waals surface area contributed by atoms with E-state index in [-0.39, 0.29) is 6.85 Å². The van der Waals surface area contributed by atoms with E-state index in [1.165, 1.54) is 22.3 Å². The molecule has 1 aliphatic rings. The second kappa shape index (κ2) is 6.38. The van der Waals surface area contributed by atoms with Crippen molar-refractivity contribution in [1.82, 2.24) is 9.79 Å². The summed E-state index contributed by atoms with van der Waals surface area (Å²) in [6, 6.07) is 18.9. The van der Waals surface area contributed by atoms with Crippen LogP contribution in [0.5, 0.6) is 0 Å². The SMILES string of the molecule is CC1=CN(C)B(c2cc(-c3ccccc3)cc[n+]2C)c2oc3ncccc3c21. The van der Waals surface area contributed by atoms with Crippen molar-refractivity contribution in [2.24, 2.45) is 7.05 Å². The normalized spacial score (nSPS) is 13.6. The number of furan rings is 1. The molecule has 0 fully saturated rings. The minimum Gasteiger partial charge on any atom is -0.449 e. The second-order valence-electron chi connectivity index (χ2n) is 7.39. The monoisotopic (exact) mass is 366 g/mol. The third-order valence-corrected chi connectivity index (χ3v) is 5.52. The van der Waals surface area contributed by atoms with Crippen LogP contribution >= 0.6 is 0 Å². The molecule has 0 saturated heterocycles. The van der Waals surface area contributed by atoms with E-state index in [0.29, 0.717) is 5.71 Å².